The summed E-state index contributed by atoms with van der Waals surface area (Å²) in [6.45, 7) is 6.39. The Hall–Kier alpha value is -2.67. The molecule has 1 amide bonds. The van der Waals surface area contributed by atoms with E-state index in [1.54, 1.807) is 4.68 Å². The van der Waals surface area contributed by atoms with E-state index in [0.717, 1.165) is 17.8 Å². The molecule has 0 fully saturated rings. The highest BCUT2D eigenvalue weighted by Gasteiger charge is 2.12. The zero-order chi connectivity index (χ0) is 19.2. The second kappa shape index (κ2) is 8.81. The molecule has 140 valence electrons. The fraction of sp³-hybridized carbons (Fsp3) is 0.300. The van der Waals surface area contributed by atoms with Crippen molar-refractivity contribution >= 4 is 23.4 Å². The number of carbonyl (C=O) groups is 1. The number of thioether (sulfide) groups is 1. The Balaban J connectivity index is 1.58. The maximum absolute atomic E-state index is 12.3. The van der Waals surface area contributed by atoms with Crippen molar-refractivity contribution in [1.82, 2.24) is 20.2 Å². The quantitative estimate of drug-likeness (QED) is 0.621. The summed E-state index contributed by atoms with van der Waals surface area (Å²) in [7, 11) is 0. The fourth-order valence-corrected chi connectivity index (χ4v) is 3.27. The lowest BCUT2D eigenvalue weighted by Gasteiger charge is -2.10. The van der Waals surface area contributed by atoms with Crippen LogP contribution in [0.3, 0.4) is 0 Å². The van der Waals surface area contributed by atoms with Gasteiger partial charge >= 0.3 is 0 Å². The lowest BCUT2D eigenvalue weighted by atomic mass is 9.99. The molecule has 3 aromatic rings. The van der Waals surface area contributed by atoms with Crippen LogP contribution in [0.15, 0.2) is 53.7 Å². The number of hydrogen-bond donors (Lipinski definition) is 1. The largest absolute Gasteiger partial charge is 0.325 e. The van der Waals surface area contributed by atoms with E-state index in [0.29, 0.717) is 11.1 Å². The molecule has 0 saturated carbocycles. The third kappa shape index (κ3) is 4.95. The van der Waals surface area contributed by atoms with Crippen molar-refractivity contribution in [2.75, 3.05) is 11.1 Å². The van der Waals surface area contributed by atoms with Crippen LogP contribution in [0.4, 0.5) is 5.69 Å². The van der Waals surface area contributed by atoms with Gasteiger partial charge in [0.2, 0.25) is 11.1 Å². The Labute approximate surface area is 163 Å². The van der Waals surface area contributed by atoms with E-state index in [1.807, 2.05) is 43.3 Å². The van der Waals surface area contributed by atoms with Crippen LogP contribution in [-0.2, 0) is 4.79 Å². The minimum absolute atomic E-state index is 0.0882. The average Bonchev–Trinajstić information content (AvgIpc) is 3.15. The molecule has 0 radical (unpaired) electrons. The van der Waals surface area contributed by atoms with Gasteiger partial charge in [0.1, 0.15) is 0 Å². The Morgan fingerprint density at radius 2 is 1.85 bits per heavy atom. The normalized spacial score (nSPS) is 12.0. The maximum atomic E-state index is 12.3. The predicted molar refractivity (Wildman–Crippen MR) is 108 cm³/mol. The topological polar surface area (TPSA) is 72.7 Å². The molecule has 1 aromatic heterocycles. The number of amides is 1. The molecule has 0 saturated heterocycles. The Kier molecular flexibility index (Phi) is 6.24. The van der Waals surface area contributed by atoms with Crippen molar-refractivity contribution in [1.29, 1.82) is 0 Å². The van der Waals surface area contributed by atoms with Crippen LogP contribution in [0.5, 0.6) is 0 Å². The van der Waals surface area contributed by atoms with Gasteiger partial charge in [-0.25, -0.2) is 0 Å². The zero-order valence-corrected chi connectivity index (χ0v) is 16.5. The first kappa shape index (κ1) is 19.1. The smallest absolute Gasteiger partial charge is 0.234 e. The maximum Gasteiger partial charge on any atom is 0.234 e. The van der Waals surface area contributed by atoms with Gasteiger partial charge in [0, 0.05) is 5.69 Å². The monoisotopic (exact) mass is 381 g/mol. The number of aryl methyl sites for hydroxylation is 1. The highest BCUT2D eigenvalue weighted by atomic mass is 32.2. The van der Waals surface area contributed by atoms with Gasteiger partial charge in [0.15, 0.2) is 0 Å². The molecule has 0 aliphatic carbocycles. The van der Waals surface area contributed by atoms with E-state index in [4.69, 9.17) is 0 Å². The molecule has 0 aliphatic heterocycles. The van der Waals surface area contributed by atoms with Gasteiger partial charge in [-0.05, 0) is 59.5 Å². The van der Waals surface area contributed by atoms with Gasteiger partial charge < -0.3 is 5.32 Å². The third-order valence-corrected chi connectivity index (χ3v) is 5.35. The molecule has 6 nitrogen and oxygen atoms in total. The van der Waals surface area contributed by atoms with Crippen LogP contribution in [-0.4, -0.2) is 31.9 Å². The van der Waals surface area contributed by atoms with E-state index < -0.39 is 0 Å². The second-order valence-electron chi connectivity index (χ2n) is 6.48. The lowest BCUT2D eigenvalue weighted by Crippen LogP contribution is -2.14. The van der Waals surface area contributed by atoms with Crippen LogP contribution in [0.1, 0.15) is 37.3 Å². The average molecular weight is 382 g/mol. The molecular weight excluding hydrogens is 358 g/mol. The number of anilines is 1. The summed E-state index contributed by atoms with van der Waals surface area (Å²) in [5, 5.41) is 15.3. The van der Waals surface area contributed by atoms with Gasteiger partial charge in [-0.3, -0.25) is 4.79 Å². The molecule has 3 rings (SSSR count). The van der Waals surface area contributed by atoms with E-state index in [1.165, 1.54) is 22.9 Å². The van der Waals surface area contributed by atoms with E-state index in [-0.39, 0.29) is 11.7 Å². The first-order chi connectivity index (χ1) is 13.1. The highest BCUT2D eigenvalue weighted by molar-refractivity contribution is 7.99. The number of hydrogen-bond acceptors (Lipinski definition) is 5. The molecule has 1 heterocycles. The van der Waals surface area contributed by atoms with Crippen LogP contribution < -0.4 is 5.32 Å². The molecule has 0 spiro atoms. The minimum atomic E-state index is -0.0882. The van der Waals surface area contributed by atoms with Gasteiger partial charge in [0.25, 0.3) is 0 Å². The van der Waals surface area contributed by atoms with Crippen molar-refractivity contribution in [2.45, 2.75) is 38.3 Å². The molecule has 1 N–H and O–H groups in total. The third-order valence-electron chi connectivity index (χ3n) is 4.43. The number of nitrogens with one attached hydrogen (secondary N) is 1. The number of aromatic nitrogens is 4. The van der Waals surface area contributed by atoms with Gasteiger partial charge in [-0.15, -0.1) is 5.10 Å². The number of benzene rings is 2. The summed E-state index contributed by atoms with van der Waals surface area (Å²) in [6, 6.07) is 15.9. The summed E-state index contributed by atoms with van der Waals surface area (Å²) in [5.41, 5.74) is 4.11. The number of nitrogens with zero attached hydrogens (tertiary/aromatic N) is 4. The predicted octanol–water partition coefficient (Wildman–Crippen LogP) is 4.22. The molecule has 2 aromatic carbocycles. The van der Waals surface area contributed by atoms with Crippen LogP contribution in [0, 0.1) is 6.92 Å². The number of carbonyl (C=O) groups excluding carboxylic acids is 1. The minimum Gasteiger partial charge on any atom is -0.325 e. The molecule has 0 bridgehead atoms. The van der Waals surface area contributed by atoms with Crippen molar-refractivity contribution in [3.63, 3.8) is 0 Å². The Bertz CT molecular complexity index is 889. The number of tetrazole rings is 1. The molecular formula is C20H23N5OS. The van der Waals surface area contributed by atoms with Crippen LogP contribution >= 0.6 is 11.8 Å². The summed E-state index contributed by atoms with van der Waals surface area (Å²) in [5.74, 6) is 0.667. The van der Waals surface area contributed by atoms with Gasteiger partial charge in [-0.2, -0.15) is 4.68 Å². The number of rotatable bonds is 7. The first-order valence-electron chi connectivity index (χ1n) is 8.95. The fourth-order valence-electron chi connectivity index (χ4n) is 2.57. The van der Waals surface area contributed by atoms with E-state index in [2.05, 4.69) is 46.8 Å². The Morgan fingerprint density at radius 1 is 1.15 bits per heavy atom. The molecule has 0 aliphatic rings. The van der Waals surface area contributed by atoms with Crippen molar-refractivity contribution in [3.8, 4) is 5.69 Å². The van der Waals surface area contributed by atoms with E-state index >= 15 is 0 Å². The van der Waals surface area contributed by atoms with Crippen molar-refractivity contribution < 1.29 is 4.79 Å². The molecule has 1 atom stereocenters. The summed E-state index contributed by atoms with van der Waals surface area (Å²) >= 11 is 1.31. The van der Waals surface area contributed by atoms with Gasteiger partial charge in [0.05, 0.1) is 11.4 Å². The molecule has 7 heteroatoms. The van der Waals surface area contributed by atoms with Crippen LogP contribution in [0.25, 0.3) is 5.69 Å². The SMILES string of the molecule is CCC(C)c1ccc(NC(=O)CSc2nnnn2-c2ccc(C)cc2)cc1. The molecule has 1 unspecified atom stereocenters. The summed E-state index contributed by atoms with van der Waals surface area (Å²) < 4.78 is 1.64. The van der Waals surface area contributed by atoms with Crippen LogP contribution in [0.2, 0.25) is 0 Å². The summed E-state index contributed by atoms with van der Waals surface area (Å²) in [6.07, 6.45) is 1.10. The highest BCUT2D eigenvalue weighted by Crippen LogP contribution is 2.21. The van der Waals surface area contributed by atoms with Crippen molar-refractivity contribution in [2.24, 2.45) is 0 Å². The zero-order valence-electron chi connectivity index (χ0n) is 15.7. The molecule has 27 heavy (non-hydrogen) atoms. The summed E-state index contributed by atoms with van der Waals surface area (Å²) in [4.78, 5) is 12.3. The van der Waals surface area contributed by atoms with Crippen molar-refractivity contribution in [3.05, 3.63) is 59.7 Å². The lowest BCUT2D eigenvalue weighted by molar-refractivity contribution is -0.113. The standard InChI is InChI=1S/C20H23N5OS/c1-4-15(3)16-7-9-17(10-8-16)21-19(26)13-27-20-22-23-24-25(20)18-11-5-14(2)6-12-18/h5-12,15H,4,13H2,1-3H3,(H,21,26). The van der Waals surface area contributed by atoms with E-state index in [9.17, 15) is 4.79 Å². The second-order valence-corrected chi connectivity index (χ2v) is 7.42. The van der Waals surface area contributed by atoms with Gasteiger partial charge in [-0.1, -0.05) is 55.4 Å². The Morgan fingerprint density at radius 3 is 2.52 bits per heavy atom. The first-order valence-corrected chi connectivity index (χ1v) is 9.93.